The van der Waals surface area contributed by atoms with Crippen molar-refractivity contribution in [3.63, 3.8) is 0 Å². The molecule has 2 saturated heterocycles. The summed E-state index contributed by atoms with van der Waals surface area (Å²) in [5, 5.41) is 8.83. The number of rotatable bonds is 6. The Morgan fingerprint density at radius 3 is 2.32 bits per heavy atom. The van der Waals surface area contributed by atoms with E-state index in [0.29, 0.717) is 24.3 Å². The van der Waals surface area contributed by atoms with Crippen LogP contribution in [0, 0.1) is 5.92 Å². The van der Waals surface area contributed by atoms with Crippen molar-refractivity contribution in [2.75, 3.05) is 45.8 Å². The first-order valence-electron chi connectivity index (χ1n) is 8.41. The lowest BCUT2D eigenvalue weighted by molar-refractivity contribution is -0.139. The average molecular weight is 311 g/mol. The number of nitrogens with zero attached hydrogens (tertiary/aromatic N) is 3. The maximum absolute atomic E-state index is 12.3. The summed E-state index contributed by atoms with van der Waals surface area (Å²) in [7, 11) is 0. The Labute approximate surface area is 133 Å². The van der Waals surface area contributed by atoms with E-state index in [1.807, 2.05) is 4.90 Å². The van der Waals surface area contributed by atoms with E-state index in [1.165, 1.54) is 0 Å². The zero-order valence-electron chi connectivity index (χ0n) is 13.8. The number of aliphatic carboxylic acids is 1. The molecule has 6 heteroatoms. The quantitative estimate of drug-likeness (QED) is 0.783. The van der Waals surface area contributed by atoms with Gasteiger partial charge in [0.15, 0.2) is 0 Å². The van der Waals surface area contributed by atoms with Gasteiger partial charge in [-0.15, -0.1) is 0 Å². The predicted molar refractivity (Wildman–Crippen MR) is 84.7 cm³/mol. The number of likely N-dealkylation sites (tertiary alicyclic amines) is 1. The largest absolute Gasteiger partial charge is 0.480 e. The summed E-state index contributed by atoms with van der Waals surface area (Å²) in [5.41, 5.74) is 0. The first-order chi connectivity index (χ1) is 10.5. The first-order valence-corrected chi connectivity index (χ1v) is 8.41. The van der Waals surface area contributed by atoms with E-state index in [4.69, 9.17) is 5.11 Å². The second-order valence-electron chi connectivity index (χ2n) is 6.95. The van der Waals surface area contributed by atoms with Crippen LogP contribution in [0.1, 0.15) is 33.1 Å². The highest BCUT2D eigenvalue weighted by Crippen LogP contribution is 2.21. The third-order valence-corrected chi connectivity index (χ3v) is 4.57. The molecular weight excluding hydrogens is 282 g/mol. The first kappa shape index (κ1) is 17.2. The van der Waals surface area contributed by atoms with Crippen LogP contribution in [0.5, 0.6) is 0 Å². The summed E-state index contributed by atoms with van der Waals surface area (Å²) in [6, 6.07) is 0.345. The Bertz CT molecular complexity index is 392. The van der Waals surface area contributed by atoms with Gasteiger partial charge in [0.1, 0.15) is 0 Å². The third-order valence-electron chi connectivity index (χ3n) is 4.57. The molecule has 6 nitrogen and oxygen atoms in total. The van der Waals surface area contributed by atoms with Gasteiger partial charge < -0.3 is 10.0 Å². The number of carboxylic acids is 1. The van der Waals surface area contributed by atoms with Crippen LogP contribution in [0.3, 0.4) is 0 Å². The van der Waals surface area contributed by atoms with E-state index in [1.54, 1.807) is 0 Å². The molecule has 1 N–H and O–H groups in total. The monoisotopic (exact) mass is 311 g/mol. The van der Waals surface area contributed by atoms with Gasteiger partial charge in [-0.3, -0.25) is 19.4 Å². The molecule has 2 rings (SSSR count). The zero-order chi connectivity index (χ0) is 16.1. The molecule has 2 aliphatic heterocycles. The summed E-state index contributed by atoms with van der Waals surface area (Å²) in [6.07, 6.45) is 2.84. The van der Waals surface area contributed by atoms with Crippen molar-refractivity contribution in [3.05, 3.63) is 0 Å². The molecule has 0 aliphatic carbocycles. The van der Waals surface area contributed by atoms with Crippen molar-refractivity contribution in [1.29, 1.82) is 0 Å². The minimum atomic E-state index is -0.755. The Balaban J connectivity index is 1.78. The van der Waals surface area contributed by atoms with Crippen molar-refractivity contribution in [2.24, 2.45) is 5.92 Å². The molecule has 0 radical (unpaired) electrons. The van der Waals surface area contributed by atoms with Crippen LogP contribution in [0.4, 0.5) is 0 Å². The highest BCUT2D eigenvalue weighted by molar-refractivity contribution is 5.77. The van der Waals surface area contributed by atoms with Crippen LogP contribution in [-0.4, -0.2) is 83.5 Å². The molecule has 0 spiro atoms. The van der Waals surface area contributed by atoms with Crippen molar-refractivity contribution < 1.29 is 14.7 Å². The maximum Gasteiger partial charge on any atom is 0.317 e. The van der Waals surface area contributed by atoms with Crippen LogP contribution in [0.2, 0.25) is 0 Å². The fraction of sp³-hybridized carbons (Fsp3) is 0.875. The molecule has 1 unspecified atom stereocenters. The standard InChI is InChI=1S/C16H29N3O3/c1-13(2)10-15(20)19-5-3-4-14(19)11-17-6-8-18(9-7-17)12-16(21)22/h13-14H,3-12H2,1-2H3,(H,21,22). The lowest BCUT2D eigenvalue weighted by atomic mass is 10.1. The average Bonchev–Trinajstić information content (AvgIpc) is 2.88. The summed E-state index contributed by atoms with van der Waals surface area (Å²) in [5.74, 6) is -0.0509. The molecule has 2 aliphatic rings. The number of carbonyl (C=O) groups excluding carboxylic acids is 1. The number of piperazine rings is 1. The lowest BCUT2D eigenvalue weighted by Crippen LogP contribution is -2.51. The van der Waals surface area contributed by atoms with Crippen LogP contribution in [0.15, 0.2) is 0 Å². The fourth-order valence-corrected chi connectivity index (χ4v) is 3.44. The molecule has 0 aromatic rings. The topological polar surface area (TPSA) is 64.1 Å². The second-order valence-corrected chi connectivity index (χ2v) is 6.95. The Kier molecular flexibility index (Phi) is 6.20. The van der Waals surface area contributed by atoms with Gasteiger partial charge in [-0.05, 0) is 18.8 Å². The van der Waals surface area contributed by atoms with E-state index in [9.17, 15) is 9.59 Å². The lowest BCUT2D eigenvalue weighted by Gasteiger charge is -2.37. The normalized spacial score (nSPS) is 24.1. The number of amides is 1. The molecular formula is C16H29N3O3. The van der Waals surface area contributed by atoms with Crippen LogP contribution >= 0.6 is 0 Å². The summed E-state index contributed by atoms with van der Waals surface area (Å²) in [4.78, 5) is 29.5. The number of hydrogen-bond acceptors (Lipinski definition) is 4. The zero-order valence-corrected chi connectivity index (χ0v) is 13.8. The van der Waals surface area contributed by atoms with Gasteiger partial charge in [-0.1, -0.05) is 13.8 Å². The van der Waals surface area contributed by atoms with Crippen LogP contribution < -0.4 is 0 Å². The van der Waals surface area contributed by atoms with Crippen LogP contribution in [0.25, 0.3) is 0 Å². The molecule has 0 saturated carbocycles. The Morgan fingerprint density at radius 1 is 1.09 bits per heavy atom. The molecule has 0 aromatic heterocycles. The smallest absolute Gasteiger partial charge is 0.317 e. The molecule has 2 fully saturated rings. The minimum Gasteiger partial charge on any atom is -0.480 e. The van der Waals surface area contributed by atoms with E-state index in [-0.39, 0.29) is 6.54 Å². The van der Waals surface area contributed by atoms with Gasteiger partial charge in [-0.25, -0.2) is 0 Å². The van der Waals surface area contributed by atoms with Gasteiger partial charge in [0.2, 0.25) is 5.91 Å². The van der Waals surface area contributed by atoms with Gasteiger partial charge >= 0.3 is 5.97 Å². The van der Waals surface area contributed by atoms with Gasteiger partial charge in [0, 0.05) is 51.7 Å². The molecule has 22 heavy (non-hydrogen) atoms. The highest BCUT2D eigenvalue weighted by Gasteiger charge is 2.31. The summed E-state index contributed by atoms with van der Waals surface area (Å²) in [6.45, 7) is 9.55. The number of carbonyl (C=O) groups is 2. The van der Waals surface area contributed by atoms with Crippen molar-refractivity contribution in [3.8, 4) is 0 Å². The Morgan fingerprint density at radius 2 is 1.73 bits per heavy atom. The maximum atomic E-state index is 12.3. The third kappa shape index (κ3) is 4.95. The molecule has 0 aromatic carbocycles. The number of carboxylic acid groups (broad SMARTS) is 1. The summed E-state index contributed by atoms with van der Waals surface area (Å²) < 4.78 is 0. The molecule has 126 valence electrons. The van der Waals surface area contributed by atoms with Crippen molar-refractivity contribution in [2.45, 2.75) is 39.2 Å². The highest BCUT2D eigenvalue weighted by atomic mass is 16.4. The minimum absolute atomic E-state index is 0.135. The number of hydrogen-bond donors (Lipinski definition) is 1. The Hall–Kier alpha value is -1.14. The van der Waals surface area contributed by atoms with E-state index in [0.717, 1.165) is 52.1 Å². The van der Waals surface area contributed by atoms with Crippen molar-refractivity contribution in [1.82, 2.24) is 14.7 Å². The molecule has 1 amide bonds. The predicted octanol–water partition coefficient (Wildman–Crippen LogP) is 0.726. The van der Waals surface area contributed by atoms with E-state index < -0.39 is 5.97 Å². The van der Waals surface area contributed by atoms with Crippen LogP contribution in [-0.2, 0) is 9.59 Å². The van der Waals surface area contributed by atoms with E-state index in [2.05, 4.69) is 23.6 Å². The van der Waals surface area contributed by atoms with Gasteiger partial charge in [-0.2, -0.15) is 0 Å². The summed E-state index contributed by atoms with van der Waals surface area (Å²) >= 11 is 0. The molecule has 2 heterocycles. The molecule has 1 atom stereocenters. The second kappa shape index (κ2) is 7.92. The SMILES string of the molecule is CC(C)CC(=O)N1CCCC1CN1CCN(CC(=O)O)CC1. The van der Waals surface area contributed by atoms with E-state index >= 15 is 0 Å². The fourth-order valence-electron chi connectivity index (χ4n) is 3.44. The van der Waals surface area contributed by atoms with Crippen molar-refractivity contribution >= 4 is 11.9 Å². The molecule has 0 bridgehead atoms. The van der Waals surface area contributed by atoms with Gasteiger partial charge in [0.25, 0.3) is 0 Å². The van der Waals surface area contributed by atoms with Gasteiger partial charge in [0.05, 0.1) is 6.54 Å².